The van der Waals surface area contributed by atoms with Crippen molar-refractivity contribution in [2.45, 2.75) is 0 Å². The highest BCUT2D eigenvalue weighted by Gasteiger charge is 2.14. The zero-order valence-corrected chi connectivity index (χ0v) is 12.2. The van der Waals surface area contributed by atoms with Crippen LogP contribution in [0.15, 0.2) is 47.1 Å². The molecule has 0 atom stereocenters. The number of aromatic nitrogens is 1. The second-order valence-electron chi connectivity index (χ2n) is 4.35. The van der Waals surface area contributed by atoms with Crippen LogP contribution in [0.5, 0.6) is 11.5 Å². The van der Waals surface area contributed by atoms with Crippen LogP contribution in [0.4, 0.5) is 14.5 Å². The molecule has 106 valence electrons. The summed E-state index contributed by atoms with van der Waals surface area (Å²) in [4.78, 5) is 4.11. The summed E-state index contributed by atoms with van der Waals surface area (Å²) in [6.45, 7) is 0. The third-order valence-electron chi connectivity index (χ3n) is 2.94. The molecule has 1 heterocycles. The van der Waals surface area contributed by atoms with Crippen LogP contribution >= 0.6 is 15.9 Å². The molecule has 3 aromatic rings. The molecule has 0 bridgehead atoms. The van der Waals surface area contributed by atoms with Gasteiger partial charge in [0.05, 0.1) is 4.47 Å². The fourth-order valence-corrected chi connectivity index (χ4v) is 2.33. The van der Waals surface area contributed by atoms with Crippen molar-refractivity contribution in [3.05, 3.63) is 58.7 Å². The van der Waals surface area contributed by atoms with Crippen molar-refractivity contribution in [2.24, 2.45) is 0 Å². The van der Waals surface area contributed by atoms with Crippen molar-refractivity contribution >= 4 is 32.5 Å². The Morgan fingerprint density at radius 3 is 2.67 bits per heavy atom. The molecule has 0 saturated heterocycles. The molecule has 6 heteroatoms. The Labute approximate surface area is 127 Å². The van der Waals surface area contributed by atoms with Crippen molar-refractivity contribution < 1.29 is 13.5 Å². The van der Waals surface area contributed by atoms with Crippen molar-refractivity contribution in [3.8, 4) is 11.5 Å². The maximum atomic E-state index is 14.1. The average molecular weight is 351 g/mol. The van der Waals surface area contributed by atoms with Crippen LogP contribution in [0.25, 0.3) is 10.9 Å². The molecule has 21 heavy (non-hydrogen) atoms. The van der Waals surface area contributed by atoms with Crippen molar-refractivity contribution in [2.75, 3.05) is 5.73 Å². The smallest absolute Gasteiger partial charge is 0.189 e. The summed E-state index contributed by atoms with van der Waals surface area (Å²) in [6, 6.07) is 8.66. The molecule has 1 aromatic heterocycles. The number of benzene rings is 2. The minimum Gasteiger partial charge on any atom is -0.452 e. The lowest BCUT2D eigenvalue weighted by Gasteiger charge is -2.11. The topological polar surface area (TPSA) is 48.1 Å². The monoisotopic (exact) mass is 350 g/mol. The van der Waals surface area contributed by atoms with E-state index in [0.29, 0.717) is 16.7 Å². The van der Waals surface area contributed by atoms with Gasteiger partial charge in [0.2, 0.25) is 0 Å². The molecule has 0 aliphatic rings. The lowest BCUT2D eigenvalue weighted by molar-refractivity contribution is 0.445. The molecule has 0 saturated carbocycles. The number of ether oxygens (including phenoxy) is 1. The van der Waals surface area contributed by atoms with E-state index in [-0.39, 0.29) is 15.9 Å². The Balaban J connectivity index is 2.14. The van der Waals surface area contributed by atoms with Crippen LogP contribution in [-0.2, 0) is 0 Å². The van der Waals surface area contributed by atoms with Gasteiger partial charge >= 0.3 is 0 Å². The van der Waals surface area contributed by atoms with Crippen LogP contribution in [-0.4, -0.2) is 4.98 Å². The number of nitrogens with two attached hydrogens (primary N) is 1. The lowest BCUT2D eigenvalue weighted by atomic mass is 10.1. The summed E-state index contributed by atoms with van der Waals surface area (Å²) in [5.41, 5.74) is 6.37. The van der Waals surface area contributed by atoms with Crippen molar-refractivity contribution in [3.63, 3.8) is 0 Å². The number of pyridine rings is 1. The highest BCUT2D eigenvalue weighted by Crippen LogP contribution is 2.35. The van der Waals surface area contributed by atoms with Crippen molar-refractivity contribution in [1.29, 1.82) is 0 Å². The third kappa shape index (κ3) is 2.54. The molecule has 2 N–H and O–H groups in total. The summed E-state index contributed by atoms with van der Waals surface area (Å²) in [6.07, 6.45) is 1.52. The van der Waals surface area contributed by atoms with E-state index in [0.717, 1.165) is 0 Å². The molecule has 3 nitrogen and oxygen atoms in total. The summed E-state index contributed by atoms with van der Waals surface area (Å²) < 4.78 is 33.1. The molecule has 3 rings (SSSR count). The van der Waals surface area contributed by atoms with Gasteiger partial charge in [0, 0.05) is 23.3 Å². The first-order chi connectivity index (χ1) is 10.1. The Kier molecular flexibility index (Phi) is 3.47. The largest absolute Gasteiger partial charge is 0.452 e. The summed E-state index contributed by atoms with van der Waals surface area (Å²) in [5, 5.41) is 0.593. The van der Waals surface area contributed by atoms with Gasteiger partial charge in [-0.25, -0.2) is 8.78 Å². The fraction of sp³-hybridized carbons (Fsp3) is 0. The van der Waals surface area contributed by atoms with Gasteiger partial charge in [-0.1, -0.05) is 0 Å². The first kappa shape index (κ1) is 13.8. The predicted octanol–water partition coefficient (Wildman–Crippen LogP) is 4.65. The van der Waals surface area contributed by atoms with Gasteiger partial charge < -0.3 is 10.5 Å². The minimum absolute atomic E-state index is 0.0432. The molecule has 0 aliphatic carbocycles. The van der Waals surface area contributed by atoms with Crippen LogP contribution in [0.1, 0.15) is 0 Å². The number of hydrogen-bond acceptors (Lipinski definition) is 3. The molecule has 2 aromatic carbocycles. The number of nitrogen functional groups attached to an aromatic ring is 1. The van der Waals surface area contributed by atoms with Gasteiger partial charge in [-0.2, -0.15) is 0 Å². The van der Waals surface area contributed by atoms with E-state index in [4.69, 9.17) is 10.5 Å². The van der Waals surface area contributed by atoms with Crippen LogP contribution in [0.3, 0.4) is 0 Å². The highest BCUT2D eigenvalue weighted by molar-refractivity contribution is 9.10. The molecular weight excluding hydrogens is 342 g/mol. The van der Waals surface area contributed by atoms with Gasteiger partial charge in [0.25, 0.3) is 0 Å². The zero-order chi connectivity index (χ0) is 15.0. The van der Waals surface area contributed by atoms with E-state index >= 15 is 0 Å². The van der Waals surface area contributed by atoms with E-state index in [2.05, 4.69) is 20.9 Å². The van der Waals surface area contributed by atoms with Crippen LogP contribution in [0, 0.1) is 11.6 Å². The summed E-state index contributed by atoms with van der Waals surface area (Å²) in [5.74, 6) is -0.806. The second kappa shape index (κ2) is 5.29. The third-order valence-corrected chi connectivity index (χ3v) is 3.55. The molecule has 0 aliphatic heterocycles. The van der Waals surface area contributed by atoms with E-state index in [1.807, 2.05) is 0 Å². The Morgan fingerprint density at radius 1 is 1.10 bits per heavy atom. The average Bonchev–Trinajstić information content (AvgIpc) is 2.47. The molecular formula is C15H9BrF2N2O. The summed E-state index contributed by atoms with van der Waals surface area (Å²) >= 11 is 3.05. The number of rotatable bonds is 2. The van der Waals surface area contributed by atoms with Gasteiger partial charge in [-0.15, -0.1) is 0 Å². The molecule has 0 radical (unpaired) electrons. The maximum absolute atomic E-state index is 14.1. The predicted molar refractivity (Wildman–Crippen MR) is 80.3 cm³/mol. The Morgan fingerprint density at radius 2 is 1.90 bits per heavy atom. The normalized spacial score (nSPS) is 10.8. The van der Waals surface area contributed by atoms with Gasteiger partial charge in [0.15, 0.2) is 11.6 Å². The van der Waals surface area contributed by atoms with E-state index < -0.39 is 11.6 Å². The van der Waals surface area contributed by atoms with Gasteiger partial charge in [0.1, 0.15) is 17.1 Å². The first-order valence-electron chi connectivity index (χ1n) is 6.02. The Bertz CT molecular complexity index is 839. The minimum atomic E-state index is -0.626. The Hall–Kier alpha value is -2.21. The van der Waals surface area contributed by atoms with Gasteiger partial charge in [-0.05, 0) is 46.3 Å². The van der Waals surface area contributed by atoms with E-state index in [1.165, 1.54) is 30.5 Å². The number of nitrogens with zero attached hydrogens (tertiary/aromatic N) is 1. The number of fused-ring (bicyclic) bond motifs is 1. The van der Waals surface area contributed by atoms with Gasteiger partial charge in [-0.3, -0.25) is 4.98 Å². The molecule has 0 unspecified atom stereocenters. The van der Waals surface area contributed by atoms with Crippen LogP contribution < -0.4 is 10.5 Å². The standard InChI is InChI=1S/C15H9BrF2N2O/c16-10-6-8(3-4-11(10)17)21-15-12(18)7-13(19)9-2-1-5-20-14(9)15/h1-7H,19H2. The maximum Gasteiger partial charge on any atom is 0.189 e. The highest BCUT2D eigenvalue weighted by atomic mass is 79.9. The molecule has 0 spiro atoms. The van der Waals surface area contributed by atoms with E-state index in [9.17, 15) is 8.78 Å². The first-order valence-corrected chi connectivity index (χ1v) is 6.81. The van der Waals surface area contributed by atoms with Crippen LogP contribution in [0.2, 0.25) is 0 Å². The second-order valence-corrected chi connectivity index (χ2v) is 5.21. The summed E-state index contributed by atoms with van der Waals surface area (Å²) in [7, 11) is 0. The number of hydrogen-bond donors (Lipinski definition) is 1. The van der Waals surface area contributed by atoms with E-state index in [1.54, 1.807) is 12.1 Å². The quantitative estimate of drug-likeness (QED) is 0.684. The number of halogens is 3. The molecule has 0 fully saturated rings. The van der Waals surface area contributed by atoms with Crippen molar-refractivity contribution in [1.82, 2.24) is 4.98 Å². The SMILES string of the molecule is Nc1cc(F)c(Oc2ccc(F)c(Br)c2)c2ncccc12. The number of anilines is 1. The lowest BCUT2D eigenvalue weighted by Crippen LogP contribution is -1.96. The molecule has 0 amide bonds. The zero-order valence-electron chi connectivity index (χ0n) is 10.6. The fourth-order valence-electron chi connectivity index (χ4n) is 1.97.